The summed E-state index contributed by atoms with van der Waals surface area (Å²) in [5.41, 5.74) is 0. The lowest BCUT2D eigenvalue weighted by Gasteiger charge is -2.23. The average Bonchev–Trinajstić information content (AvgIpc) is 3.09. The summed E-state index contributed by atoms with van der Waals surface area (Å²) in [7, 11) is 0. The fraction of sp³-hybridized carbons (Fsp3) is 0.977. The van der Waals surface area contributed by atoms with Crippen LogP contribution in [-0.4, -0.2) is 46.1 Å². The van der Waals surface area contributed by atoms with E-state index < -0.39 is 18.2 Å². The Morgan fingerprint density at radius 1 is 0.429 bits per heavy atom. The second kappa shape index (κ2) is 40.1. The SMILES string of the molecule is CCCCCCCCCCCCCCCCCCCCCCCCCC(O)C(CO)NC(=O)CC(O)CCCCCCCCCCCCC. The fourth-order valence-electron chi connectivity index (χ4n) is 7.23. The third-order valence-electron chi connectivity index (χ3n) is 10.7. The van der Waals surface area contributed by atoms with Crippen molar-refractivity contribution in [2.75, 3.05) is 6.61 Å². The van der Waals surface area contributed by atoms with Gasteiger partial charge in [-0.3, -0.25) is 4.79 Å². The molecule has 0 saturated carbocycles. The minimum Gasteiger partial charge on any atom is -0.394 e. The lowest BCUT2D eigenvalue weighted by atomic mass is 10.0. The summed E-state index contributed by atoms with van der Waals surface area (Å²) in [5, 5.41) is 33.3. The number of amides is 1. The highest BCUT2D eigenvalue weighted by atomic mass is 16.3. The van der Waals surface area contributed by atoms with Crippen LogP contribution in [0, 0.1) is 0 Å². The Morgan fingerprint density at radius 2 is 0.694 bits per heavy atom. The lowest BCUT2D eigenvalue weighted by molar-refractivity contribution is -0.125. The molecule has 49 heavy (non-hydrogen) atoms. The van der Waals surface area contributed by atoms with Gasteiger partial charge in [0.15, 0.2) is 0 Å². The maximum absolute atomic E-state index is 12.4. The Kier molecular flexibility index (Phi) is 39.6. The summed E-state index contributed by atoms with van der Waals surface area (Å²) >= 11 is 0. The van der Waals surface area contributed by atoms with Crippen LogP contribution in [0.1, 0.15) is 251 Å². The number of rotatable bonds is 41. The van der Waals surface area contributed by atoms with Gasteiger partial charge in [-0.25, -0.2) is 0 Å². The summed E-state index contributed by atoms with van der Waals surface area (Å²) in [6, 6.07) is -0.651. The van der Waals surface area contributed by atoms with Gasteiger partial charge in [0, 0.05) is 0 Å². The maximum atomic E-state index is 12.4. The van der Waals surface area contributed by atoms with E-state index in [4.69, 9.17) is 0 Å². The molecule has 0 aliphatic carbocycles. The predicted molar refractivity (Wildman–Crippen MR) is 213 cm³/mol. The average molecular weight is 696 g/mol. The zero-order valence-electron chi connectivity index (χ0n) is 33.4. The lowest BCUT2D eigenvalue weighted by Crippen LogP contribution is -2.46. The minimum absolute atomic E-state index is 0.0421. The molecular weight excluding hydrogens is 606 g/mol. The van der Waals surface area contributed by atoms with Gasteiger partial charge < -0.3 is 20.6 Å². The molecule has 0 heterocycles. The van der Waals surface area contributed by atoms with E-state index in [1.807, 2.05) is 0 Å². The van der Waals surface area contributed by atoms with Gasteiger partial charge in [0.25, 0.3) is 0 Å². The predicted octanol–water partition coefficient (Wildman–Crippen LogP) is 12.7. The molecule has 0 radical (unpaired) electrons. The molecule has 0 bridgehead atoms. The molecule has 0 fully saturated rings. The van der Waals surface area contributed by atoms with E-state index in [9.17, 15) is 20.1 Å². The van der Waals surface area contributed by atoms with Gasteiger partial charge in [0.2, 0.25) is 5.91 Å². The molecule has 5 heteroatoms. The van der Waals surface area contributed by atoms with E-state index in [1.54, 1.807) is 0 Å². The summed E-state index contributed by atoms with van der Waals surface area (Å²) in [6.07, 6.45) is 45.1. The van der Waals surface area contributed by atoms with Crippen LogP contribution in [0.4, 0.5) is 0 Å². The smallest absolute Gasteiger partial charge is 0.222 e. The van der Waals surface area contributed by atoms with Crippen molar-refractivity contribution in [3.63, 3.8) is 0 Å². The van der Waals surface area contributed by atoms with E-state index in [1.165, 1.54) is 193 Å². The number of aliphatic hydroxyl groups excluding tert-OH is 3. The van der Waals surface area contributed by atoms with E-state index >= 15 is 0 Å². The summed E-state index contributed by atoms with van der Waals surface area (Å²) in [6.45, 7) is 4.27. The first-order valence-electron chi connectivity index (χ1n) is 22.3. The summed E-state index contributed by atoms with van der Waals surface area (Å²) in [5.74, 6) is -0.280. The molecule has 3 unspecified atom stereocenters. The normalized spacial score (nSPS) is 13.5. The standard InChI is InChI=1S/C44H89NO4/c1-3-5-7-9-11-13-15-16-17-18-19-20-21-22-23-24-25-26-28-30-32-34-36-38-43(48)42(40-46)45-44(49)39-41(47)37-35-33-31-29-27-14-12-10-8-6-4-2/h41-43,46-48H,3-40H2,1-2H3,(H,45,49). The van der Waals surface area contributed by atoms with E-state index in [0.29, 0.717) is 12.8 Å². The first-order chi connectivity index (χ1) is 24.0. The fourth-order valence-corrected chi connectivity index (χ4v) is 7.23. The molecule has 0 aromatic rings. The third kappa shape index (κ3) is 36.9. The van der Waals surface area contributed by atoms with Crippen LogP contribution in [0.3, 0.4) is 0 Å². The summed E-state index contributed by atoms with van der Waals surface area (Å²) < 4.78 is 0. The van der Waals surface area contributed by atoms with Crippen molar-refractivity contribution in [2.45, 2.75) is 270 Å². The molecular formula is C44H89NO4. The molecule has 5 nitrogen and oxygen atoms in total. The van der Waals surface area contributed by atoms with Crippen molar-refractivity contribution in [1.82, 2.24) is 5.32 Å². The van der Waals surface area contributed by atoms with Crippen LogP contribution in [0.25, 0.3) is 0 Å². The summed E-state index contributed by atoms with van der Waals surface area (Å²) in [4.78, 5) is 12.4. The molecule has 0 aromatic heterocycles. The van der Waals surface area contributed by atoms with E-state index in [0.717, 1.165) is 25.7 Å². The van der Waals surface area contributed by atoms with Crippen molar-refractivity contribution in [3.8, 4) is 0 Å². The van der Waals surface area contributed by atoms with Crippen LogP contribution >= 0.6 is 0 Å². The van der Waals surface area contributed by atoms with E-state index in [2.05, 4.69) is 19.2 Å². The van der Waals surface area contributed by atoms with Gasteiger partial charge in [-0.15, -0.1) is 0 Å². The molecule has 4 N–H and O–H groups in total. The molecule has 0 saturated heterocycles. The number of nitrogens with one attached hydrogen (secondary N) is 1. The Labute approximate surface area is 307 Å². The highest BCUT2D eigenvalue weighted by molar-refractivity contribution is 5.76. The largest absolute Gasteiger partial charge is 0.394 e. The Hall–Kier alpha value is -0.650. The molecule has 294 valence electrons. The number of aliphatic hydroxyl groups is 3. The zero-order valence-corrected chi connectivity index (χ0v) is 33.4. The van der Waals surface area contributed by atoms with E-state index in [-0.39, 0.29) is 18.9 Å². The highest BCUT2D eigenvalue weighted by Crippen LogP contribution is 2.17. The van der Waals surface area contributed by atoms with Gasteiger partial charge in [-0.2, -0.15) is 0 Å². The number of carbonyl (C=O) groups excluding carboxylic acids is 1. The number of carbonyl (C=O) groups is 1. The van der Waals surface area contributed by atoms with Crippen LogP contribution in [0.5, 0.6) is 0 Å². The second-order valence-corrected chi connectivity index (χ2v) is 15.7. The first-order valence-corrected chi connectivity index (χ1v) is 22.3. The van der Waals surface area contributed by atoms with Crippen LogP contribution in [0.15, 0.2) is 0 Å². The topological polar surface area (TPSA) is 89.8 Å². The van der Waals surface area contributed by atoms with Gasteiger partial charge in [-0.1, -0.05) is 232 Å². The first kappa shape index (κ1) is 48.3. The van der Waals surface area contributed by atoms with Crippen molar-refractivity contribution in [2.24, 2.45) is 0 Å². The van der Waals surface area contributed by atoms with Crippen molar-refractivity contribution >= 4 is 5.91 Å². The van der Waals surface area contributed by atoms with Crippen molar-refractivity contribution in [3.05, 3.63) is 0 Å². The van der Waals surface area contributed by atoms with Gasteiger partial charge >= 0.3 is 0 Å². The quantitative estimate of drug-likeness (QED) is 0.0479. The Balaban J connectivity index is 3.53. The van der Waals surface area contributed by atoms with Gasteiger partial charge in [0.05, 0.1) is 31.3 Å². The van der Waals surface area contributed by atoms with Crippen LogP contribution < -0.4 is 5.32 Å². The molecule has 1 amide bonds. The Morgan fingerprint density at radius 3 is 0.980 bits per heavy atom. The number of hydrogen-bond acceptors (Lipinski definition) is 4. The molecule has 0 spiro atoms. The second-order valence-electron chi connectivity index (χ2n) is 15.7. The van der Waals surface area contributed by atoms with Crippen LogP contribution in [-0.2, 0) is 4.79 Å². The van der Waals surface area contributed by atoms with Gasteiger partial charge in [0.1, 0.15) is 0 Å². The molecule has 0 aromatic carbocycles. The zero-order chi connectivity index (χ0) is 35.9. The highest BCUT2D eigenvalue weighted by Gasteiger charge is 2.21. The van der Waals surface area contributed by atoms with Crippen molar-refractivity contribution < 1.29 is 20.1 Å². The molecule has 0 aliphatic heterocycles. The minimum atomic E-state index is -0.743. The van der Waals surface area contributed by atoms with Crippen LogP contribution in [0.2, 0.25) is 0 Å². The van der Waals surface area contributed by atoms with Gasteiger partial charge in [-0.05, 0) is 12.8 Å². The molecule has 0 aliphatic rings. The monoisotopic (exact) mass is 696 g/mol. The molecule has 3 atom stereocenters. The number of hydrogen-bond donors (Lipinski definition) is 4. The Bertz CT molecular complexity index is 644. The third-order valence-corrected chi connectivity index (χ3v) is 10.7. The molecule has 0 rings (SSSR count). The van der Waals surface area contributed by atoms with Crippen molar-refractivity contribution in [1.29, 1.82) is 0 Å². The maximum Gasteiger partial charge on any atom is 0.222 e. The number of unbranched alkanes of at least 4 members (excludes halogenated alkanes) is 32.